The molecule has 3 heteroatoms. The average molecular weight is 195 g/mol. The van der Waals surface area contributed by atoms with E-state index in [1.165, 1.54) is 6.07 Å². The zero-order valence-electron chi connectivity index (χ0n) is 8.12. The molecule has 0 atom stereocenters. The lowest BCUT2D eigenvalue weighted by Gasteiger charge is -1.98. The molecule has 0 unspecified atom stereocenters. The van der Waals surface area contributed by atoms with Gasteiger partial charge >= 0.3 is 0 Å². The highest BCUT2D eigenvalue weighted by Gasteiger charge is 2.04. The highest BCUT2D eigenvalue weighted by Crippen LogP contribution is 2.12. The van der Waals surface area contributed by atoms with Crippen molar-refractivity contribution in [2.75, 3.05) is 13.6 Å². The molecule has 0 radical (unpaired) electrons. The van der Waals surface area contributed by atoms with Gasteiger partial charge in [-0.1, -0.05) is 11.8 Å². The molecular weight excluding hydrogens is 184 g/mol. The standard InChI is InChI=1S/C11H11F2N/c1-8-6-9(4-3-5-14-2)11(13)7-10(8)12/h6-7,14H,5H2,1-2H3. The van der Waals surface area contributed by atoms with Gasteiger partial charge in [-0.3, -0.25) is 0 Å². The molecule has 74 valence electrons. The molecule has 1 aromatic carbocycles. The minimum atomic E-state index is -0.614. The molecule has 0 amide bonds. The van der Waals surface area contributed by atoms with Gasteiger partial charge in [0.05, 0.1) is 12.1 Å². The smallest absolute Gasteiger partial charge is 0.141 e. The molecule has 14 heavy (non-hydrogen) atoms. The highest BCUT2D eigenvalue weighted by molar-refractivity contribution is 5.38. The fourth-order valence-electron chi connectivity index (χ4n) is 0.981. The Labute approximate surface area is 82.1 Å². The predicted octanol–water partition coefficient (Wildman–Crippen LogP) is 1.84. The number of hydrogen-bond donors (Lipinski definition) is 1. The number of hydrogen-bond acceptors (Lipinski definition) is 1. The Morgan fingerprint density at radius 1 is 1.29 bits per heavy atom. The summed E-state index contributed by atoms with van der Waals surface area (Å²) in [5.41, 5.74) is 0.638. The second kappa shape index (κ2) is 4.73. The average Bonchev–Trinajstić information content (AvgIpc) is 2.14. The summed E-state index contributed by atoms with van der Waals surface area (Å²) in [5.74, 6) is 4.19. The number of nitrogens with one attached hydrogen (secondary N) is 1. The molecule has 0 heterocycles. The minimum absolute atomic E-state index is 0.235. The Hall–Kier alpha value is -1.40. The van der Waals surface area contributed by atoms with Crippen molar-refractivity contribution in [2.24, 2.45) is 0 Å². The molecule has 1 rings (SSSR count). The van der Waals surface area contributed by atoms with Gasteiger partial charge in [-0.25, -0.2) is 8.78 Å². The fraction of sp³-hybridized carbons (Fsp3) is 0.273. The van der Waals surface area contributed by atoms with Crippen LogP contribution in [0.1, 0.15) is 11.1 Å². The Balaban J connectivity index is 3.00. The van der Waals surface area contributed by atoms with E-state index in [2.05, 4.69) is 17.2 Å². The molecule has 0 bridgehead atoms. The summed E-state index contributed by atoms with van der Waals surface area (Å²) in [7, 11) is 1.75. The maximum absolute atomic E-state index is 13.1. The van der Waals surface area contributed by atoms with Crippen LogP contribution in [-0.4, -0.2) is 13.6 Å². The Kier molecular flexibility index (Phi) is 3.61. The maximum atomic E-state index is 13.1. The molecule has 1 aromatic rings. The largest absolute Gasteiger partial charge is 0.309 e. The van der Waals surface area contributed by atoms with E-state index in [-0.39, 0.29) is 5.56 Å². The van der Waals surface area contributed by atoms with Crippen molar-refractivity contribution in [3.05, 3.63) is 34.9 Å². The number of halogens is 2. The van der Waals surface area contributed by atoms with Crippen molar-refractivity contribution in [1.82, 2.24) is 5.32 Å². The third kappa shape index (κ3) is 2.54. The third-order valence-electron chi connectivity index (χ3n) is 1.74. The first-order valence-electron chi connectivity index (χ1n) is 4.24. The van der Waals surface area contributed by atoms with Crippen molar-refractivity contribution in [2.45, 2.75) is 6.92 Å². The quantitative estimate of drug-likeness (QED) is 0.674. The van der Waals surface area contributed by atoms with E-state index in [0.717, 1.165) is 6.07 Å². The summed E-state index contributed by atoms with van der Waals surface area (Å²) in [6, 6.07) is 2.27. The van der Waals surface area contributed by atoms with Crippen LogP contribution in [0.3, 0.4) is 0 Å². The number of benzene rings is 1. The van der Waals surface area contributed by atoms with Crippen LogP contribution in [-0.2, 0) is 0 Å². The van der Waals surface area contributed by atoms with Crippen LogP contribution in [0.25, 0.3) is 0 Å². The SMILES string of the molecule is CNCC#Cc1cc(C)c(F)cc1F. The summed E-state index contributed by atoms with van der Waals surface area (Å²) in [5, 5.41) is 2.81. The summed E-state index contributed by atoms with van der Waals surface area (Å²) in [4.78, 5) is 0. The first-order chi connectivity index (χ1) is 6.65. The van der Waals surface area contributed by atoms with E-state index < -0.39 is 11.6 Å². The minimum Gasteiger partial charge on any atom is -0.309 e. The van der Waals surface area contributed by atoms with Gasteiger partial charge in [0, 0.05) is 6.07 Å². The molecule has 1 nitrogen and oxygen atoms in total. The molecule has 0 aromatic heterocycles. The first-order valence-corrected chi connectivity index (χ1v) is 4.24. The molecule has 0 aliphatic heterocycles. The van der Waals surface area contributed by atoms with E-state index in [9.17, 15) is 8.78 Å². The number of aryl methyl sites for hydroxylation is 1. The molecule has 0 saturated carbocycles. The van der Waals surface area contributed by atoms with E-state index >= 15 is 0 Å². The van der Waals surface area contributed by atoms with Crippen molar-refractivity contribution in [3.63, 3.8) is 0 Å². The summed E-state index contributed by atoms with van der Waals surface area (Å²) in [6.07, 6.45) is 0. The van der Waals surface area contributed by atoms with Crippen LogP contribution in [0.4, 0.5) is 8.78 Å². The molecule has 1 N–H and O–H groups in total. The van der Waals surface area contributed by atoms with Crippen molar-refractivity contribution >= 4 is 0 Å². The zero-order valence-corrected chi connectivity index (χ0v) is 8.12. The van der Waals surface area contributed by atoms with E-state index in [0.29, 0.717) is 12.1 Å². The van der Waals surface area contributed by atoms with E-state index in [4.69, 9.17) is 0 Å². The highest BCUT2D eigenvalue weighted by atomic mass is 19.1. The van der Waals surface area contributed by atoms with Gasteiger partial charge in [0.2, 0.25) is 0 Å². The zero-order chi connectivity index (χ0) is 10.6. The van der Waals surface area contributed by atoms with Gasteiger partial charge in [-0.05, 0) is 25.6 Å². The lowest BCUT2D eigenvalue weighted by Crippen LogP contribution is -2.04. The lowest BCUT2D eigenvalue weighted by molar-refractivity contribution is 0.575. The Morgan fingerprint density at radius 3 is 2.64 bits per heavy atom. The van der Waals surface area contributed by atoms with Gasteiger partial charge < -0.3 is 5.32 Å². The summed E-state index contributed by atoms with van der Waals surface area (Å²) >= 11 is 0. The summed E-state index contributed by atoms with van der Waals surface area (Å²) in [6.45, 7) is 2.06. The normalized spacial score (nSPS) is 9.43. The van der Waals surface area contributed by atoms with E-state index in [1.54, 1.807) is 14.0 Å². The van der Waals surface area contributed by atoms with Crippen LogP contribution in [0.2, 0.25) is 0 Å². The molecule has 0 fully saturated rings. The summed E-state index contributed by atoms with van der Waals surface area (Å²) < 4.78 is 25.9. The van der Waals surface area contributed by atoms with Gasteiger partial charge in [0.1, 0.15) is 11.6 Å². The topological polar surface area (TPSA) is 12.0 Å². The van der Waals surface area contributed by atoms with Gasteiger partial charge in [-0.15, -0.1) is 0 Å². The molecular formula is C11H11F2N. The molecule has 0 aliphatic rings. The van der Waals surface area contributed by atoms with Gasteiger partial charge in [0.15, 0.2) is 0 Å². The lowest BCUT2D eigenvalue weighted by atomic mass is 10.1. The molecule has 0 saturated heterocycles. The van der Waals surface area contributed by atoms with Crippen LogP contribution in [0, 0.1) is 30.4 Å². The monoisotopic (exact) mass is 195 g/mol. The van der Waals surface area contributed by atoms with Crippen molar-refractivity contribution in [1.29, 1.82) is 0 Å². The van der Waals surface area contributed by atoms with Gasteiger partial charge in [0.25, 0.3) is 0 Å². The Morgan fingerprint density at radius 2 is 2.00 bits per heavy atom. The third-order valence-corrected chi connectivity index (χ3v) is 1.74. The predicted molar refractivity (Wildman–Crippen MR) is 51.9 cm³/mol. The maximum Gasteiger partial charge on any atom is 0.141 e. The second-order valence-corrected chi connectivity index (χ2v) is 2.91. The first kappa shape index (κ1) is 10.7. The Bertz CT molecular complexity index is 388. The molecule has 0 aliphatic carbocycles. The van der Waals surface area contributed by atoms with Crippen LogP contribution >= 0.6 is 0 Å². The van der Waals surface area contributed by atoms with Crippen LogP contribution in [0.5, 0.6) is 0 Å². The molecule has 0 spiro atoms. The van der Waals surface area contributed by atoms with Crippen LogP contribution in [0.15, 0.2) is 12.1 Å². The fourth-order valence-corrected chi connectivity index (χ4v) is 0.981. The van der Waals surface area contributed by atoms with E-state index in [1.807, 2.05) is 0 Å². The van der Waals surface area contributed by atoms with Crippen LogP contribution < -0.4 is 5.32 Å². The van der Waals surface area contributed by atoms with Crippen molar-refractivity contribution < 1.29 is 8.78 Å². The van der Waals surface area contributed by atoms with Crippen molar-refractivity contribution in [3.8, 4) is 11.8 Å². The van der Waals surface area contributed by atoms with Gasteiger partial charge in [-0.2, -0.15) is 0 Å². The second-order valence-electron chi connectivity index (χ2n) is 2.91. The number of rotatable bonds is 1.